The van der Waals surface area contributed by atoms with E-state index in [1.54, 1.807) is 0 Å². The van der Waals surface area contributed by atoms with E-state index in [1.165, 1.54) is 7.11 Å². The smallest absolute Gasteiger partial charge is 0.310 e. The Labute approximate surface area is 125 Å². The van der Waals surface area contributed by atoms with Gasteiger partial charge in [0.15, 0.2) is 0 Å². The second-order valence-electron chi connectivity index (χ2n) is 5.54. The lowest BCUT2D eigenvalue weighted by Crippen LogP contribution is -2.32. The highest BCUT2D eigenvalue weighted by Crippen LogP contribution is 2.19. The Morgan fingerprint density at radius 2 is 2.14 bits per heavy atom. The molecule has 1 heterocycles. The van der Waals surface area contributed by atoms with Crippen LogP contribution in [0.4, 0.5) is 5.69 Å². The minimum atomic E-state index is -0.188. The third-order valence-corrected chi connectivity index (χ3v) is 4.05. The van der Waals surface area contributed by atoms with Crippen molar-refractivity contribution in [3.8, 4) is 0 Å². The van der Waals surface area contributed by atoms with Gasteiger partial charge in [-0.15, -0.1) is 0 Å². The largest absolute Gasteiger partial charge is 0.469 e. The minimum Gasteiger partial charge on any atom is -0.469 e. The van der Waals surface area contributed by atoms with Crippen molar-refractivity contribution in [2.45, 2.75) is 20.3 Å². The molecule has 5 nitrogen and oxygen atoms in total. The number of ether oxygens (including phenoxy) is 1. The van der Waals surface area contributed by atoms with Crippen LogP contribution in [-0.4, -0.2) is 43.5 Å². The summed E-state index contributed by atoms with van der Waals surface area (Å²) in [5, 5.41) is 2.94. The Morgan fingerprint density at radius 1 is 1.38 bits per heavy atom. The van der Waals surface area contributed by atoms with Gasteiger partial charge in [0.2, 0.25) is 5.91 Å². The predicted molar refractivity (Wildman–Crippen MR) is 81.1 cm³/mol. The molecule has 1 saturated heterocycles. The Bertz CT molecular complexity index is 542. The van der Waals surface area contributed by atoms with E-state index in [4.69, 9.17) is 4.74 Å². The molecule has 0 aliphatic carbocycles. The molecule has 1 amide bonds. The predicted octanol–water partition coefficient (Wildman–Crippen LogP) is 1.74. The maximum absolute atomic E-state index is 12.1. The van der Waals surface area contributed by atoms with Crippen LogP contribution in [0.2, 0.25) is 0 Å². The van der Waals surface area contributed by atoms with Gasteiger partial charge in [-0.1, -0.05) is 12.1 Å². The van der Waals surface area contributed by atoms with Crippen molar-refractivity contribution >= 4 is 17.6 Å². The minimum absolute atomic E-state index is 0.0470. The van der Waals surface area contributed by atoms with Gasteiger partial charge in [0.05, 0.1) is 19.6 Å². The first-order valence-corrected chi connectivity index (χ1v) is 7.17. The molecule has 0 aromatic heterocycles. The Hall–Kier alpha value is -1.88. The fraction of sp³-hybridized carbons (Fsp3) is 0.500. The van der Waals surface area contributed by atoms with E-state index in [0.717, 1.165) is 29.8 Å². The molecule has 1 unspecified atom stereocenters. The van der Waals surface area contributed by atoms with Crippen LogP contribution >= 0.6 is 0 Å². The molecule has 1 atom stereocenters. The lowest BCUT2D eigenvalue weighted by Gasteiger charge is -2.16. The summed E-state index contributed by atoms with van der Waals surface area (Å²) in [6.07, 6.45) is 0.753. The first kappa shape index (κ1) is 15.5. The molecule has 1 aromatic carbocycles. The van der Waals surface area contributed by atoms with E-state index < -0.39 is 0 Å². The van der Waals surface area contributed by atoms with E-state index in [-0.39, 0.29) is 17.8 Å². The Morgan fingerprint density at radius 3 is 2.86 bits per heavy atom. The van der Waals surface area contributed by atoms with E-state index >= 15 is 0 Å². The van der Waals surface area contributed by atoms with Crippen molar-refractivity contribution in [1.29, 1.82) is 0 Å². The molecule has 0 bridgehead atoms. The van der Waals surface area contributed by atoms with Gasteiger partial charge in [-0.3, -0.25) is 14.5 Å². The SMILES string of the molecule is COC(=O)C1CCN(CC(=O)Nc2cccc(C)c2C)C1. The lowest BCUT2D eigenvalue weighted by molar-refractivity contribution is -0.145. The maximum atomic E-state index is 12.1. The number of benzene rings is 1. The first-order chi connectivity index (χ1) is 10.0. The van der Waals surface area contributed by atoms with Crippen LogP contribution < -0.4 is 5.32 Å². The number of nitrogens with one attached hydrogen (secondary N) is 1. The highest BCUT2D eigenvalue weighted by Gasteiger charge is 2.29. The molecule has 1 N–H and O–H groups in total. The van der Waals surface area contributed by atoms with Gasteiger partial charge in [0.25, 0.3) is 0 Å². The van der Waals surface area contributed by atoms with Crippen molar-refractivity contribution in [1.82, 2.24) is 4.90 Å². The summed E-state index contributed by atoms with van der Waals surface area (Å²) >= 11 is 0. The second-order valence-corrected chi connectivity index (χ2v) is 5.54. The Kier molecular flexibility index (Phi) is 4.96. The first-order valence-electron chi connectivity index (χ1n) is 7.17. The molecule has 21 heavy (non-hydrogen) atoms. The number of anilines is 1. The number of amides is 1. The zero-order valence-electron chi connectivity index (χ0n) is 12.8. The summed E-state index contributed by atoms with van der Waals surface area (Å²) < 4.78 is 4.75. The van der Waals surface area contributed by atoms with Crippen LogP contribution in [0.1, 0.15) is 17.5 Å². The molecule has 1 aliphatic heterocycles. The Balaban J connectivity index is 1.88. The number of nitrogens with zero attached hydrogens (tertiary/aromatic N) is 1. The molecule has 114 valence electrons. The highest BCUT2D eigenvalue weighted by molar-refractivity contribution is 5.93. The van der Waals surface area contributed by atoms with E-state index in [1.807, 2.05) is 36.9 Å². The fourth-order valence-corrected chi connectivity index (χ4v) is 2.61. The van der Waals surface area contributed by atoms with Gasteiger partial charge in [0.1, 0.15) is 0 Å². The number of aryl methyl sites for hydroxylation is 1. The molecular formula is C16H22N2O3. The van der Waals surface area contributed by atoms with Crippen LogP contribution in [-0.2, 0) is 14.3 Å². The third kappa shape index (κ3) is 3.82. The van der Waals surface area contributed by atoms with Crippen LogP contribution in [0.3, 0.4) is 0 Å². The van der Waals surface area contributed by atoms with Crippen LogP contribution in [0.5, 0.6) is 0 Å². The average Bonchev–Trinajstić information content (AvgIpc) is 2.91. The van der Waals surface area contributed by atoms with Gasteiger partial charge in [-0.05, 0) is 44.0 Å². The van der Waals surface area contributed by atoms with Gasteiger partial charge >= 0.3 is 5.97 Å². The number of esters is 1. The molecule has 1 aliphatic rings. The van der Waals surface area contributed by atoms with Crippen LogP contribution in [0, 0.1) is 19.8 Å². The average molecular weight is 290 g/mol. The van der Waals surface area contributed by atoms with Gasteiger partial charge < -0.3 is 10.1 Å². The van der Waals surface area contributed by atoms with Crippen LogP contribution in [0.25, 0.3) is 0 Å². The van der Waals surface area contributed by atoms with Crippen molar-refractivity contribution in [2.24, 2.45) is 5.92 Å². The fourth-order valence-electron chi connectivity index (χ4n) is 2.61. The summed E-state index contributed by atoms with van der Waals surface area (Å²) in [7, 11) is 1.40. The second kappa shape index (κ2) is 6.72. The zero-order chi connectivity index (χ0) is 15.4. The zero-order valence-corrected chi connectivity index (χ0v) is 12.8. The van der Waals surface area contributed by atoms with Gasteiger partial charge in [-0.25, -0.2) is 0 Å². The highest BCUT2D eigenvalue weighted by atomic mass is 16.5. The normalized spacial score (nSPS) is 18.5. The molecular weight excluding hydrogens is 268 g/mol. The van der Waals surface area contributed by atoms with Crippen molar-refractivity contribution in [3.63, 3.8) is 0 Å². The lowest BCUT2D eigenvalue weighted by atomic mass is 10.1. The standard InChI is InChI=1S/C16H22N2O3/c1-11-5-4-6-14(12(11)2)17-15(19)10-18-8-7-13(9-18)16(20)21-3/h4-6,13H,7-10H2,1-3H3,(H,17,19). The van der Waals surface area contributed by atoms with Crippen molar-refractivity contribution in [3.05, 3.63) is 29.3 Å². The number of hydrogen-bond acceptors (Lipinski definition) is 4. The number of methoxy groups -OCH3 is 1. The molecule has 0 radical (unpaired) electrons. The molecule has 1 aromatic rings. The summed E-state index contributed by atoms with van der Waals surface area (Å²) in [5.74, 6) is -0.342. The van der Waals surface area contributed by atoms with E-state index in [0.29, 0.717) is 13.1 Å². The number of carbonyl (C=O) groups is 2. The quantitative estimate of drug-likeness (QED) is 0.858. The summed E-state index contributed by atoms with van der Waals surface area (Å²) in [6, 6.07) is 5.86. The number of likely N-dealkylation sites (tertiary alicyclic amines) is 1. The van der Waals surface area contributed by atoms with Gasteiger partial charge in [0, 0.05) is 12.2 Å². The monoisotopic (exact) mass is 290 g/mol. The maximum Gasteiger partial charge on any atom is 0.310 e. The van der Waals surface area contributed by atoms with Crippen molar-refractivity contribution in [2.75, 3.05) is 32.1 Å². The summed E-state index contributed by atoms with van der Waals surface area (Å²) in [4.78, 5) is 25.6. The number of hydrogen-bond donors (Lipinski definition) is 1. The van der Waals surface area contributed by atoms with Gasteiger partial charge in [-0.2, -0.15) is 0 Å². The molecule has 2 rings (SSSR count). The number of rotatable bonds is 4. The summed E-state index contributed by atoms with van der Waals surface area (Å²) in [6.45, 7) is 5.66. The summed E-state index contributed by atoms with van der Waals surface area (Å²) in [5.41, 5.74) is 3.09. The van der Waals surface area contributed by atoms with E-state index in [2.05, 4.69) is 5.32 Å². The van der Waals surface area contributed by atoms with E-state index in [9.17, 15) is 9.59 Å². The molecule has 5 heteroatoms. The topological polar surface area (TPSA) is 58.6 Å². The molecule has 1 fully saturated rings. The van der Waals surface area contributed by atoms with Crippen molar-refractivity contribution < 1.29 is 14.3 Å². The molecule has 0 saturated carbocycles. The number of carbonyl (C=O) groups excluding carboxylic acids is 2. The molecule has 0 spiro atoms. The van der Waals surface area contributed by atoms with Crippen LogP contribution in [0.15, 0.2) is 18.2 Å². The third-order valence-electron chi connectivity index (χ3n) is 4.05.